The van der Waals surface area contributed by atoms with Crippen LogP contribution in [0, 0.1) is 0 Å². The van der Waals surface area contributed by atoms with E-state index in [2.05, 4.69) is 67.6 Å². The van der Waals surface area contributed by atoms with Crippen molar-refractivity contribution in [2.45, 2.75) is 109 Å². The van der Waals surface area contributed by atoms with E-state index in [-0.39, 0.29) is 18.4 Å². The van der Waals surface area contributed by atoms with E-state index >= 15 is 0 Å². The molecular formula is C29H46ClN. The summed E-state index contributed by atoms with van der Waals surface area (Å²) in [5.74, 6) is 0.296. The lowest BCUT2D eigenvalue weighted by Crippen LogP contribution is -2.29. The van der Waals surface area contributed by atoms with E-state index < -0.39 is 0 Å². The monoisotopic (exact) mass is 443 g/mol. The zero-order valence-corrected chi connectivity index (χ0v) is 20.6. The number of halogens is 1. The molecule has 0 spiro atoms. The molecule has 2 aromatic rings. The van der Waals surface area contributed by atoms with E-state index in [1.54, 1.807) is 0 Å². The minimum Gasteiger partial charge on any atom is -0.327 e. The number of rotatable bonds is 17. The number of nitrogens with two attached hydrogens (primary N) is 1. The summed E-state index contributed by atoms with van der Waals surface area (Å²) in [4.78, 5) is 0. The van der Waals surface area contributed by atoms with E-state index in [1.807, 2.05) is 0 Å². The van der Waals surface area contributed by atoms with Crippen LogP contribution in [-0.4, -0.2) is 6.04 Å². The first-order chi connectivity index (χ1) is 14.8. The predicted molar refractivity (Wildman–Crippen MR) is 140 cm³/mol. The predicted octanol–water partition coefficient (Wildman–Crippen LogP) is 9.05. The fourth-order valence-corrected chi connectivity index (χ4v) is 4.57. The van der Waals surface area contributed by atoms with Crippen LogP contribution in [0.25, 0.3) is 0 Å². The SMILES string of the molecule is CCCCCCCCCCCCCCCC(N)C(c1ccccc1)c1ccccc1.Cl. The van der Waals surface area contributed by atoms with Gasteiger partial charge in [-0.2, -0.15) is 0 Å². The molecule has 1 nitrogen and oxygen atoms in total. The molecule has 1 atom stereocenters. The molecule has 0 aliphatic rings. The average molecular weight is 444 g/mol. The van der Waals surface area contributed by atoms with Crippen molar-refractivity contribution < 1.29 is 0 Å². The topological polar surface area (TPSA) is 26.0 Å². The second kappa shape index (κ2) is 18.3. The second-order valence-corrected chi connectivity index (χ2v) is 8.99. The Morgan fingerprint density at radius 3 is 1.29 bits per heavy atom. The van der Waals surface area contributed by atoms with Gasteiger partial charge < -0.3 is 5.73 Å². The molecule has 0 bridgehead atoms. The standard InChI is InChI=1S/C29H45N.ClH/c1-2-3-4-5-6-7-8-9-10-11-12-13-20-25-28(30)29(26-21-16-14-17-22-26)27-23-18-15-19-24-27;/h14-19,21-24,28-29H,2-13,20,25,30H2,1H3;1H. The third-order valence-corrected chi connectivity index (χ3v) is 6.39. The fraction of sp³-hybridized carbons (Fsp3) is 0.586. The van der Waals surface area contributed by atoms with Crippen molar-refractivity contribution in [3.05, 3.63) is 71.8 Å². The summed E-state index contributed by atoms with van der Waals surface area (Å²) >= 11 is 0. The van der Waals surface area contributed by atoms with Gasteiger partial charge in [0.1, 0.15) is 0 Å². The summed E-state index contributed by atoms with van der Waals surface area (Å²) in [6.07, 6.45) is 19.3. The van der Waals surface area contributed by atoms with E-state index in [1.165, 1.54) is 94.6 Å². The molecule has 2 N–H and O–H groups in total. The Morgan fingerprint density at radius 2 is 0.903 bits per heavy atom. The molecule has 0 saturated carbocycles. The van der Waals surface area contributed by atoms with Crippen LogP contribution in [0.1, 0.15) is 114 Å². The van der Waals surface area contributed by atoms with E-state index in [0.717, 1.165) is 6.42 Å². The minimum atomic E-state index is 0. The highest BCUT2D eigenvalue weighted by Crippen LogP contribution is 2.29. The van der Waals surface area contributed by atoms with Crippen LogP contribution in [0.15, 0.2) is 60.7 Å². The summed E-state index contributed by atoms with van der Waals surface area (Å²) in [5, 5.41) is 0. The number of hydrogen-bond donors (Lipinski definition) is 1. The van der Waals surface area contributed by atoms with Crippen molar-refractivity contribution in [3.8, 4) is 0 Å². The molecule has 0 aliphatic carbocycles. The maximum absolute atomic E-state index is 6.72. The molecule has 2 rings (SSSR count). The smallest absolute Gasteiger partial charge is 0.0241 e. The Morgan fingerprint density at radius 1 is 0.548 bits per heavy atom. The summed E-state index contributed by atoms with van der Waals surface area (Å²) < 4.78 is 0. The quantitative estimate of drug-likeness (QED) is 0.242. The molecule has 2 heteroatoms. The van der Waals surface area contributed by atoms with Crippen LogP contribution in [-0.2, 0) is 0 Å². The van der Waals surface area contributed by atoms with Gasteiger partial charge in [0.25, 0.3) is 0 Å². The van der Waals surface area contributed by atoms with Gasteiger partial charge in [0.2, 0.25) is 0 Å². The Balaban J connectivity index is 0.00000480. The lowest BCUT2D eigenvalue weighted by atomic mass is 9.83. The highest BCUT2D eigenvalue weighted by molar-refractivity contribution is 5.85. The molecule has 174 valence electrons. The highest BCUT2D eigenvalue weighted by atomic mass is 35.5. The molecule has 31 heavy (non-hydrogen) atoms. The largest absolute Gasteiger partial charge is 0.327 e. The molecule has 0 fully saturated rings. The van der Waals surface area contributed by atoms with Gasteiger partial charge in [-0.1, -0.05) is 151 Å². The summed E-state index contributed by atoms with van der Waals surface area (Å²) in [7, 11) is 0. The molecule has 0 saturated heterocycles. The van der Waals surface area contributed by atoms with Gasteiger partial charge >= 0.3 is 0 Å². The molecular weight excluding hydrogens is 398 g/mol. The first kappa shape index (κ1) is 27.7. The molecule has 1 unspecified atom stereocenters. The van der Waals surface area contributed by atoms with Gasteiger partial charge in [-0.15, -0.1) is 12.4 Å². The maximum Gasteiger partial charge on any atom is 0.0241 e. The van der Waals surface area contributed by atoms with E-state index in [9.17, 15) is 0 Å². The molecule has 0 aromatic heterocycles. The molecule has 0 amide bonds. The van der Waals surface area contributed by atoms with Crippen molar-refractivity contribution in [2.75, 3.05) is 0 Å². The van der Waals surface area contributed by atoms with Crippen LogP contribution in [0.2, 0.25) is 0 Å². The summed E-state index contributed by atoms with van der Waals surface area (Å²) in [6, 6.07) is 21.8. The zero-order valence-electron chi connectivity index (χ0n) is 19.8. The average Bonchev–Trinajstić information content (AvgIpc) is 2.78. The van der Waals surface area contributed by atoms with Crippen molar-refractivity contribution in [1.29, 1.82) is 0 Å². The number of unbranched alkanes of at least 4 members (excludes halogenated alkanes) is 12. The van der Waals surface area contributed by atoms with Crippen LogP contribution in [0.4, 0.5) is 0 Å². The Hall–Kier alpha value is -1.31. The molecule has 0 aliphatic heterocycles. The lowest BCUT2D eigenvalue weighted by molar-refractivity contribution is 0.494. The fourth-order valence-electron chi connectivity index (χ4n) is 4.57. The highest BCUT2D eigenvalue weighted by Gasteiger charge is 2.21. The van der Waals surface area contributed by atoms with E-state index in [0.29, 0.717) is 5.92 Å². The minimum absolute atomic E-state index is 0. The first-order valence-electron chi connectivity index (χ1n) is 12.7. The third kappa shape index (κ3) is 11.8. The lowest BCUT2D eigenvalue weighted by Gasteiger charge is -2.25. The summed E-state index contributed by atoms with van der Waals surface area (Å²) in [6.45, 7) is 2.29. The van der Waals surface area contributed by atoms with Crippen molar-refractivity contribution in [1.82, 2.24) is 0 Å². The third-order valence-electron chi connectivity index (χ3n) is 6.39. The zero-order chi connectivity index (χ0) is 21.3. The number of benzene rings is 2. The van der Waals surface area contributed by atoms with Gasteiger partial charge in [0, 0.05) is 12.0 Å². The maximum atomic E-state index is 6.72. The van der Waals surface area contributed by atoms with Crippen LogP contribution in [0.3, 0.4) is 0 Å². The second-order valence-electron chi connectivity index (χ2n) is 8.99. The van der Waals surface area contributed by atoms with Gasteiger partial charge in [0.05, 0.1) is 0 Å². The van der Waals surface area contributed by atoms with Crippen molar-refractivity contribution >= 4 is 12.4 Å². The first-order valence-corrected chi connectivity index (χ1v) is 12.7. The Bertz CT molecular complexity index is 588. The Labute approximate surface area is 198 Å². The van der Waals surface area contributed by atoms with E-state index in [4.69, 9.17) is 5.73 Å². The van der Waals surface area contributed by atoms with Gasteiger partial charge in [-0.05, 0) is 17.5 Å². The van der Waals surface area contributed by atoms with Crippen molar-refractivity contribution in [2.24, 2.45) is 5.73 Å². The van der Waals surface area contributed by atoms with Crippen LogP contribution < -0.4 is 5.73 Å². The van der Waals surface area contributed by atoms with Crippen LogP contribution in [0.5, 0.6) is 0 Å². The Kier molecular flexibility index (Phi) is 16.3. The van der Waals surface area contributed by atoms with Crippen molar-refractivity contribution in [3.63, 3.8) is 0 Å². The molecule has 0 radical (unpaired) electrons. The van der Waals surface area contributed by atoms with Gasteiger partial charge in [-0.3, -0.25) is 0 Å². The van der Waals surface area contributed by atoms with Crippen LogP contribution >= 0.6 is 12.4 Å². The molecule has 2 aromatic carbocycles. The number of hydrogen-bond acceptors (Lipinski definition) is 1. The normalized spacial score (nSPS) is 12.0. The summed E-state index contributed by atoms with van der Waals surface area (Å²) in [5.41, 5.74) is 9.40. The van der Waals surface area contributed by atoms with Gasteiger partial charge in [-0.25, -0.2) is 0 Å². The molecule has 0 heterocycles. The van der Waals surface area contributed by atoms with Gasteiger partial charge in [0.15, 0.2) is 0 Å².